The van der Waals surface area contributed by atoms with Crippen LogP contribution in [0, 0.1) is 0 Å². The van der Waals surface area contributed by atoms with Crippen molar-refractivity contribution in [1.29, 1.82) is 0 Å². The minimum atomic E-state index is 0.0744. The number of nitrogens with one attached hydrogen (secondary N) is 1. The third-order valence-corrected chi connectivity index (χ3v) is 6.67. The van der Waals surface area contributed by atoms with E-state index in [1.807, 2.05) is 12.1 Å². The van der Waals surface area contributed by atoms with E-state index in [2.05, 4.69) is 42.6 Å². The second-order valence-electron chi connectivity index (χ2n) is 6.95. The van der Waals surface area contributed by atoms with Crippen molar-refractivity contribution in [3.8, 4) is 0 Å². The van der Waals surface area contributed by atoms with Crippen LogP contribution in [0.25, 0.3) is 0 Å². The third-order valence-electron chi connectivity index (χ3n) is 5.42. The highest BCUT2D eigenvalue weighted by Crippen LogP contribution is 2.44. The molecule has 124 valence electrons. The SMILES string of the molecule is C[C@]12CCC(=O)N[C@@H]1CCc1cc(Sc3ccc(Cl)cc3)ccc12. The topological polar surface area (TPSA) is 29.1 Å². The summed E-state index contributed by atoms with van der Waals surface area (Å²) in [6.45, 7) is 2.31. The zero-order chi connectivity index (χ0) is 16.7. The molecule has 0 radical (unpaired) electrons. The number of carbonyl (C=O) groups is 1. The van der Waals surface area contributed by atoms with Crippen molar-refractivity contribution in [3.05, 3.63) is 58.6 Å². The Morgan fingerprint density at radius 3 is 2.67 bits per heavy atom. The van der Waals surface area contributed by atoms with Gasteiger partial charge in [0.2, 0.25) is 5.91 Å². The molecule has 0 unspecified atom stereocenters. The van der Waals surface area contributed by atoms with E-state index in [0.717, 1.165) is 24.3 Å². The molecule has 1 N–H and O–H groups in total. The Bertz CT molecular complexity index is 789. The highest BCUT2D eigenvalue weighted by atomic mass is 35.5. The molecule has 1 saturated heterocycles. The summed E-state index contributed by atoms with van der Waals surface area (Å²) in [6.07, 6.45) is 3.64. The summed E-state index contributed by atoms with van der Waals surface area (Å²) in [5.74, 6) is 0.204. The van der Waals surface area contributed by atoms with E-state index < -0.39 is 0 Å². The average molecular weight is 358 g/mol. The molecule has 2 aromatic rings. The maximum Gasteiger partial charge on any atom is 0.220 e. The number of carbonyl (C=O) groups excluding carboxylic acids is 1. The Balaban J connectivity index is 1.62. The summed E-state index contributed by atoms with van der Waals surface area (Å²) >= 11 is 7.73. The number of fused-ring (bicyclic) bond motifs is 3. The Hall–Kier alpha value is -1.45. The molecule has 1 aliphatic carbocycles. The standard InChI is InChI=1S/C20H20ClNOS/c1-20-11-10-19(23)22-18(20)9-2-13-12-16(7-8-17(13)20)24-15-5-3-14(21)4-6-15/h3-8,12,18H,2,9-11H2,1H3,(H,22,23)/t18-,20-/m1/s1. The van der Waals surface area contributed by atoms with Crippen LogP contribution in [0.4, 0.5) is 0 Å². The molecular formula is C20H20ClNOS. The fourth-order valence-corrected chi connectivity index (χ4v) is 5.03. The third kappa shape index (κ3) is 2.84. The van der Waals surface area contributed by atoms with Gasteiger partial charge in [-0.05, 0) is 66.8 Å². The van der Waals surface area contributed by atoms with Crippen LogP contribution >= 0.6 is 23.4 Å². The Labute approximate surface area is 152 Å². The first-order valence-corrected chi connectivity index (χ1v) is 9.60. The molecule has 0 aromatic heterocycles. The van der Waals surface area contributed by atoms with Gasteiger partial charge in [-0.3, -0.25) is 4.79 Å². The van der Waals surface area contributed by atoms with Crippen LogP contribution in [0.15, 0.2) is 52.3 Å². The van der Waals surface area contributed by atoms with Crippen LogP contribution in [-0.4, -0.2) is 11.9 Å². The number of amides is 1. The van der Waals surface area contributed by atoms with Gasteiger partial charge in [0.15, 0.2) is 0 Å². The van der Waals surface area contributed by atoms with Crippen molar-refractivity contribution in [2.45, 2.75) is 53.9 Å². The molecule has 2 aliphatic rings. The normalized spacial score (nSPS) is 25.6. The van der Waals surface area contributed by atoms with Crippen LogP contribution in [0.5, 0.6) is 0 Å². The van der Waals surface area contributed by atoms with Crippen molar-refractivity contribution >= 4 is 29.3 Å². The van der Waals surface area contributed by atoms with Crippen LogP contribution in [0.3, 0.4) is 0 Å². The number of rotatable bonds is 2. The molecule has 4 rings (SSSR count). The number of hydrogen-bond donors (Lipinski definition) is 1. The van der Waals surface area contributed by atoms with Crippen molar-refractivity contribution < 1.29 is 4.79 Å². The highest BCUT2D eigenvalue weighted by molar-refractivity contribution is 7.99. The molecule has 24 heavy (non-hydrogen) atoms. The van der Waals surface area contributed by atoms with Gasteiger partial charge in [-0.15, -0.1) is 0 Å². The summed E-state index contributed by atoms with van der Waals surface area (Å²) in [5.41, 5.74) is 2.92. The van der Waals surface area contributed by atoms with Gasteiger partial charge in [0.05, 0.1) is 0 Å². The first-order valence-electron chi connectivity index (χ1n) is 8.41. The lowest BCUT2D eigenvalue weighted by Crippen LogP contribution is -2.55. The molecule has 0 spiro atoms. The summed E-state index contributed by atoms with van der Waals surface area (Å²) in [4.78, 5) is 14.2. The monoisotopic (exact) mass is 357 g/mol. The summed E-state index contributed by atoms with van der Waals surface area (Å²) in [7, 11) is 0. The molecule has 2 aromatic carbocycles. The molecular weight excluding hydrogens is 338 g/mol. The van der Waals surface area contributed by atoms with E-state index in [1.54, 1.807) is 11.8 Å². The lowest BCUT2D eigenvalue weighted by atomic mass is 9.64. The summed E-state index contributed by atoms with van der Waals surface area (Å²) in [5, 5.41) is 3.97. The van der Waals surface area contributed by atoms with Gasteiger partial charge in [-0.1, -0.05) is 36.4 Å². The lowest BCUT2D eigenvalue weighted by molar-refractivity contribution is -0.125. The van der Waals surface area contributed by atoms with Gasteiger partial charge >= 0.3 is 0 Å². The van der Waals surface area contributed by atoms with Crippen molar-refractivity contribution in [3.63, 3.8) is 0 Å². The van der Waals surface area contributed by atoms with E-state index in [-0.39, 0.29) is 17.4 Å². The quantitative estimate of drug-likeness (QED) is 0.821. The van der Waals surface area contributed by atoms with Gasteiger partial charge in [-0.25, -0.2) is 0 Å². The largest absolute Gasteiger partial charge is 0.352 e. The molecule has 4 heteroatoms. The van der Waals surface area contributed by atoms with E-state index in [1.165, 1.54) is 20.9 Å². The predicted molar refractivity (Wildman–Crippen MR) is 98.9 cm³/mol. The van der Waals surface area contributed by atoms with Gasteiger partial charge in [0.25, 0.3) is 0 Å². The number of hydrogen-bond acceptors (Lipinski definition) is 2. The Morgan fingerprint density at radius 2 is 1.88 bits per heavy atom. The fourth-order valence-electron chi connectivity index (χ4n) is 4.02. The van der Waals surface area contributed by atoms with Gasteiger partial charge in [0.1, 0.15) is 0 Å². The zero-order valence-electron chi connectivity index (χ0n) is 13.6. The Morgan fingerprint density at radius 1 is 1.12 bits per heavy atom. The predicted octanol–water partition coefficient (Wildman–Crippen LogP) is 4.97. The minimum absolute atomic E-state index is 0.0744. The smallest absolute Gasteiger partial charge is 0.220 e. The average Bonchev–Trinajstić information content (AvgIpc) is 2.58. The van der Waals surface area contributed by atoms with Crippen molar-refractivity contribution in [2.24, 2.45) is 0 Å². The van der Waals surface area contributed by atoms with Crippen LogP contribution < -0.4 is 5.32 Å². The second kappa shape index (κ2) is 6.12. The molecule has 1 heterocycles. The highest BCUT2D eigenvalue weighted by Gasteiger charge is 2.43. The summed E-state index contributed by atoms with van der Waals surface area (Å²) in [6, 6.07) is 15.1. The Kier molecular flexibility index (Phi) is 4.09. The number of benzene rings is 2. The van der Waals surface area contributed by atoms with E-state index >= 15 is 0 Å². The van der Waals surface area contributed by atoms with Gasteiger partial charge in [0, 0.05) is 32.7 Å². The molecule has 0 bridgehead atoms. The first-order chi connectivity index (χ1) is 11.5. The van der Waals surface area contributed by atoms with E-state index in [9.17, 15) is 4.79 Å². The molecule has 1 aliphatic heterocycles. The lowest BCUT2D eigenvalue weighted by Gasteiger charge is -2.46. The molecule has 0 saturated carbocycles. The van der Waals surface area contributed by atoms with Crippen LogP contribution in [0.2, 0.25) is 5.02 Å². The van der Waals surface area contributed by atoms with Crippen molar-refractivity contribution in [2.75, 3.05) is 0 Å². The zero-order valence-corrected chi connectivity index (χ0v) is 15.2. The maximum absolute atomic E-state index is 11.7. The molecule has 2 atom stereocenters. The number of aryl methyl sites for hydroxylation is 1. The molecule has 1 amide bonds. The fraction of sp³-hybridized carbons (Fsp3) is 0.350. The number of halogens is 1. The molecule has 1 fully saturated rings. The summed E-state index contributed by atoms with van der Waals surface area (Å²) < 4.78 is 0. The maximum atomic E-state index is 11.7. The first kappa shape index (κ1) is 16.0. The van der Waals surface area contributed by atoms with Crippen LogP contribution in [-0.2, 0) is 16.6 Å². The van der Waals surface area contributed by atoms with Gasteiger partial charge in [-0.2, -0.15) is 0 Å². The minimum Gasteiger partial charge on any atom is -0.352 e. The van der Waals surface area contributed by atoms with E-state index in [0.29, 0.717) is 6.42 Å². The van der Waals surface area contributed by atoms with Crippen LogP contribution in [0.1, 0.15) is 37.3 Å². The second-order valence-corrected chi connectivity index (χ2v) is 8.53. The number of piperidine rings is 1. The molecule has 2 nitrogen and oxygen atoms in total. The van der Waals surface area contributed by atoms with Crippen molar-refractivity contribution in [1.82, 2.24) is 5.32 Å². The van der Waals surface area contributed by atoms with E-state index in [4.69, 9.17) is 11.6 Å². The van der Waals surface area contributed by atoms with Gasteiger partial charge < -0.3 is 5.32 Å².